The number of nitrogens with one attached hydrogen (secondary N) is 3. The van der Waals surface area contributed by atoms with Crippen LogP contribution in [0.25, 0.3) is 0 Å². The van der Waals surface area contributed by atoms with Crippen LogP contribution in [0.2, 0.25) is 0 Å². The second-order valence-corrected chi connectivity index (χ2v) is 10.0. The molecule has 1 aliphatic heterocycles. The van der Waals surface area contributed by atoms with Crippen LogP contribution < -0.4 is 20.3 Å². The van der Waals surface area contributed by atoms with Crippen molar-refractivity contribution in [3.05, 3.63) is 53.1 Å². The van der Waals surface area contributed by atoms with Crippen molar-refractivity contribution in [3.8, 4) is 0 Å². The van der Waals surface area contributed by atoms with Crippen molar-refractivity contribution in [1.29, 1.82) is 0 Å². The number of carbonyl (C=O) groups excluding carboxylic acids is 1. The number of benzene rings is 1. The molecular formula is C21H21F3N8O3S. The van der Waals surface area contributed by atoms with Crippen molar-refractivity contribution >= 4 is 44.9 Å². The molecule has 0 spiro atoms. The summed E-state index contributed by atoms with van der Waals surface area (Å²) in [7, 11) is -2.43. The minimum atomic E-state index is -4.77. The van der Waals surface area contributed by atoms with E-state index in [0.29, 0.717) is 23.3 Å². The second-order valence-electron chi connectivity index (χ2n) is 8.01. The van der Waals surface area contributed by atoms with Crippen molar-refractivity contribution < 1.29 is 26.4 Å². The van der Waals surface area contributed by atoms with Gasteiger partial charge in [-0.15, -0.1) is 0 Å². The number of amides is 1. The van der Waals surface area contributed by atoms with Gasteiger partial charge in [-0.3, -0.25) is 14.1 Å². The number of para-hydroxylation sites is 1. The van der Waals surface area contributed by atoms with Gasteiger partial charge in [-0.05, 0) is 18.6 Å². The third-order valence-corrected chi connectivity index (χ3v) is 6.44. The van der Waals surface area contributed by atoms with Gasteiger partial charge in [0, 0.05) is 19.4 Å². The molecule has 3 aromatic rings. The zero-order valence-corrected chi connectivity index (χ0v) is 20.1. The van der Waals surface area contributed by atoms with Crippen molar-refractivity contribution in [2.45, 2.75) is 26.1 Å². The summed E-state index contributed by atoms with van der Waals surface area (Å²) in [6, 6.07) is 5.08. The van der Waals surface area contributed by atoms with Crippen molar-refractivity contribution in [1.82, 2.24) is 19.9 Å². The third kappa shape index (κ3) is 5.30. The van der Waals surface area contributed by atoms with E-state index in [1.165, 1.54) is 13.2 Å². The molecule has 0 atom stereocenters. The fraction of sp³-hybridized carbons (Fsp3) is 0.286. The minimum absolute atomic E-state index is 0.0263. The molecule has 2 aromatic heterocycles. The van der Waals surface area contributed by atoms with Crippen LogP contribution in [0.1, 0.15) is 22.5 Å². The number of anilines is 5. The SMILES string of the molecule is Cc1cnc(CNc2nc(Nc3cccc4c3NC(=O)C4)ncc2C(F)(F)F)c(N(C)S(C)(=O)=O)n1. The predicted molar refractivity (Wildman–Crippen MR) is 126 cm³/mol. The molecular weight excluding hydrogens is 501 g/mol. The highest BCUT2D eigenvalue weighted by molar-refractivity contribution is 7.92. The van der Waals surface area contributed by atoms with Crippen molar-refractivity contribution in [2.75, 3.05) is 33.6 Å². The lowest BCUT2D eigenvalue weighted by Gasteiger charge is -2.20. The first-order valence-electron chi connectivity index (χ1n) is 10.5. The molecule has 11 nitrogen and oxygen atoms in total. The van der Waals surface area contributed by atoms with E-state index in [4.69, 9.17) is 0 Å². The van der Waals surface area contributed by atoms with E-state index in [1.807, 2.05) is 0 Å². The number of hydrogen-bond acceptors (Lipinski definition) is 9. The molecule has 0 radical (unpaired) electrons. The predicted octanol–water partition coefficient (Wildman–Crippen LogP) is 2.84. The molecule has 0 saturated carbocycles. The van der Waals surface area contributed by atoms with Gasteiger partial charge in [-0.1, -0.05) is 12.1 Å². The standard InChI is InChI=1S/C21H21F3N8O3S/c1-11-8-25-15(19(28-11)32(2)36(3,34)35)10-26-18-13(21(22,23)24)9-27-20(31-18)29-14-6-4-5-12-7-16(33)30-17(12)14/h4-6,8-9H,7,10H2,1-3H3,(H,30,33)(H2,26,27,29,31). The number of carbonyl (C=O) groups is 1. The Labute approximate surface area is 204 Å². The summed E-state index contributed by atoms with van der Waals surface area (Å²) in [6.07, 6.45) is -1.61. The molecule has 1 amide bonds. The number of nitrogens with zero attached hydrogens (tertiary/aromatic N) is 5. The number of hydrogen-bond donors (Lipinski definition) is 3. The molecule has 1 aliphatic rings. The van der Waals surface area contributed by atoms with E-state index < -0.39 is 27.6 Å². The monoisotopic (exact) mass is 522 g/mol. The number of fused-ring (bicyclic) bond motifs is 1. The fourth-order valence-corrected chi connectivity index (χ4v) is 3.91. The summed E-state index contributed by atoms with van der Waals surface area (Å²) in [4.78, 5) is 27.8. The number of aryl methyl sites for hydroxylation is 1. The first kappa shape index (κ1) is 25.1. The maximum Gasteiger partial charge on any atom is 0.421 e. The fourth-order valence-electron chi connectivity index (χ4n) is 3.45. The summed E-state index contributed by atoms with van der Waals surface area (Å²) in [5.74, 6) is -0.930. The molecule has 15 heteroatoms. The zero-order valence-electron chi connectivity index (χ0n) is 19.3. The van der Waals surface area contributed by atoms with Gasteiger partial charge in [0.25, 0.3) is 0 Å². The number of aromatic nitrogens is 4. The van der Waals surface area contributed by atoms with Crippen molar-refractivity contribution in [2.24, 2.45) is 0 Å². The maximum absolute atomic E-state index is 13.7. The highest BCUT2D eigenvalue weighted by Crippen LogP contribution is 2.36. The highest BCUT2D eigenvalue weighted by atomic mass is 32.2. The number of halogens is 3. The van der Waals surface area contributed by atoms with Gasteiger partial charge >= 0.3 is 6.18 Å². The summed E-state index contributed by atoms with van der Waals surface area (Å²) in [5.41, 5.74) is 1.05. The van der Waals surface area contributed by atoms with Gasteiger partial charge in [0.15, 0.2) is 5.82 Å². The van der Waals surface area contributed by atoms with E-state index in [2.05, 4.69) is 35.9 Å². The quantitative estimate of drug-likeness (QED) is 0.427. The molecule has 4 rings (SSSR count). The van der Waals surface area contributed by atoms with Gasteiger partial charge in [0.2, 0.25) is 21.9 Å². The van der Waals surface area contributed by atoms with Crippen LogP contribution in [-0.4, -0.2) is 47.6 Å². The molecule has 1 aromatic carbocycles. The molecule has 0 unspecified atom stereocenters. The van der Waals surface area contributed by atoms with Crippen LogP contribution in [0.15, 0.2) is 30.6 Å². The molecule has 0 bridgehead atoms. The summed E-state index contributed by atoms with van der Waals surface area (Å²) in [6.45, 7) is 1.30. The average Bonchev–Trinajstić information content (AvgIpc) is 3.17. The number of sulfonamides is 1. The molecule has 0 fully saturated rings. The van der Waals surface area contributed by atoms with Gasteiger partial charge in [0.05, 0.1) is 36.3 Å². The highest BCUT2D eigenvalue weighted by Gasteiger charge is 2.35. The maximum atomic E-state index is 13.7. The lowest BCUT2D eigenvalue weighted by molar-refractivity contribution is -0.137. The Hall–Kier alpha value is -4.01. The normalized spacial score (nSPS) is 13.2. The molecule has 0 saturated heterocycles. The summed E-state index contributed by atoms with van der Waals surface area (Å²) < 4.78 is 65.9. The van der Waals surface area contributed by atoms with Crippen molar-refractivity contribution in [3.63, 3.8) is 0 Å². The smallest absolute Gasteiger partial charge is 0.364 e. The molecule has 190 valence electrons. The zero-order chi connectivity index (χ0) is 26.3. The largest absolute Gasteiger partial charge is 0.421 e. The lowest BCUT2D eigenvalue weighted by atomic mass is 10.1. The van der Waals surface area contributed by atoms with Gasteiger partial charge in [-0.2, -0.15) is 18.2 Å². The first-order chi connectivity index (χ1) is 16.8. The van der Waals surface area contributed by atoms with Gasteiger partial charge in [0.1, 0.15) is 17.1 Å². The van der Waals surface area contributed by atoms with Crippen LogP contribution in [0.5, 0.6) is 0 Å². The summed E-state index contributed by atoms with van der Waals surface area (Å²) >= 11 is 0. The Morgan fingerprint density at radius 1 is 1.17 bits per heavy atom. The Bertz CT molecular complexity index is 1450. The minimum Gasteiger partial charge on any atom is -0.364 e. The topological polar surface area (TPSA) is 142 Å². The molecule has 36 heavy (non-hydrogen) atoms. The van der Waals surface area contributed by atoms with Crippen LogP contribution >= 0.6 is 0 Å². The second kappa shape index (κ2) is 9.22. The van der Waals surface area contributed by atoms with E-state index in [9.17, 15) is 26.4 Å². The first-order valence-corrected chi connectivity index (χ1v) is 12.3. The van der Waals surface area contributed by atoms with E-state index in [1.54, 1.807) is 25.1 Å². The average molecular weight is 523 g/mol. The number of alkyl halides is 3. The number of rotatable bonds is 7. The van der Waals surface area contributed by atoms with Gasteiger partial charge in [-0.25, -0.2) is 18.4 Å². The van der Waals surface area contributed by atoms with E-state index in [0.717, 1.165) is 16.1 Å². The lowest BCUT2D eigenvalue weighted by Crippen LogP contribution is -2.28. The molecule has 0 aliphatic carbocycles. The Balaban J connectivity index is 1.66. The Kier molecular flexibility index (Phi) is 6.43. The van der Waals surface area contributed by atoms with E-state index >= 15 is 0 Å². The van der Waals surface area contributed by atoms with Gasteiger partial charge < -0.3 is 16.0 Å². The Morgan fingerprint density at radius 2 is 1.92 bits per heavy atom. The third-order valence-electron chi connectivity index (χ3n) is 5.27. The summed E-state index contributed by atoms with van der Waals surface area (Å²) in [5, 5.41) is 8.12. The Morgan fingerprint density at radius 3 is 2.61 bits per heavy atom. The molecule has 3 heterocycles. The van der Waals surface area contributed by atoms with Crippen LogP contribution in [0.4, 0.5) is 42.1 Å². The van der Waals surface area contributed by atoms with E-state index in [-0.39, 0.29) is 36.3 Å². The van der Waals surface area contributed by atoms with Crippen LogP contribution in [0, 0.1) is 6.92 Å². The van der Waals surface area contributed by atoms with Crippen LogP contribution in [-0.2, 0) is 34.0 Å². The molecule has 3 N–H and O–H groups in total. The van der Waals surface area contributed by atoms with Crippen LogP contribution in [0.3, 0.4) is 0 Å².